The van der Waals surface area contributed by atoms with Crippen LogP contribution >= 0.6 is 0 Å². The summed E-state index contributed by atoms with van der Waals surface area (Å²) in [6.07, 6.45) is 0. The number of aromatic amines is 1. The Kier molecular flexibility index (Phi) is 3.28. The lowest BCUT2D eigenvalue weighted by Crippen LogP contribution is -2.16. The van der Waals surface area contributed by atoms with E-state index in [2.05, 4.69) is 15.3 Å². The number of anilines is 1. The number of carboxylic acids is 1. The first-order chi connectivity index (χ1) is 12.0. The summed E-state index contributed by atoms with van der Waals surface area (Å²) >= 11 is 0. The van der Waals surface area contributed by atoms with Crippen molar-refractivity contribution in [1.82, 2.24) is 14.5 Å². The number of hydrogen-bond donors (Lipinski definition) is 3. The molecule has 0 atom stereocenters. The number of hydrogen-bond acceptors (Lipinski definition) is 3. The van der Waals surface area contributed by atoms with Gasteiger partial charge in [0.1, 0.15) is 11.2 Å². The summed E-state index contributed by atoms with van der Waals surface area (Å²) in [7, 11) is 1.82. The molecule has 7 heteroatoms. The second kappa shape index (κ2) is 5.48. The quantitative estimate of drug-likeness (QED) is 0.536. The van der Waals surface area contributed by atoms with Crippen molar-refractivity contribution in [2.75, 3.05) is 5.32 Å². The largest absolute Gasteiger partial charge is 0.478 e. The molecule has 124 valence electrons. The van der Waals surface area contributed by atoms with Crippen LogP contribution in [0, 0.1) is 0 Å². The summed E-state index contributed by atoms with van der Waals surface area (Å²) in [5, 5.41) is 12.9. The highest BCUT2D eigenvalue weighted by Crippen LogP contribution is 2.21. The Hall–Kier alpha value is -3.61. The summed E-state index contributed by atoms with van der Waals surface area (Å²) < 4.78 is 1.80. The van der Waals surface area contributed by atoms with Gasteiger partial charge >= 0.3 is 5.97 Å². The standard InChI is InChI=1S/C18H14N4O3/c1-22-13-8-3-2-5-10(13)9-14(22)16(23)21-18-19-12-7-4-6-11(17(24)25)15(12)20-18/h2-9H,1H3,(H,24,25)(H2,19,20,21,23). The maximum absolute atomic E-state index is 12.6. The number of carbonyl (C=O) groups is 2. The van der Waals surface area contributed by atoms with Crippen LogP contribution in [0.25, 0.3) is 21.9 Å². The number of carboxylic acid groups (broad SMARTS) is 1. The SMILES string of the molecule is Cn1c(C(=O)Nc2nc3c(C(=O)O)cccc3[nH]2)cc2ccccc21. The molecule has 2 aromatic carbocycles. The van der Waals surface area contributed by atoms with Gasteiger partial charge in [0.2, 0.25) is 5.95 Å². The molecule has 3 N–H and O–H groups in total. The average molecular weight is 334 g/mol. The van der Waals surface area contributed by atoms with Crippen molar-refractivity contribution < 1.29 is 14.7 Å². The Morgan fingerprint density at radius 1 is 1.16 bits per heavy atom. The summed E-state index contributed by atoms with van der Waals surface area (Å²) in [4.78, 5) is 31.0. The van der Waals surface area contributed by atoms with E-state index in [1.165, 1.54) is 6.07 Å². The molecular formula is C18H14N4O3. The maximum Gasteiger partial charge on any atom is 0.337 e. The molecular weight excluding hydrogens is 320 g/mol. The third kappa shape index (κ3) is 2.42. The third-order valence-corrected chi connectivity index (χ3v) is 4.16. The van der Waals surface area contributed by atoms with Crippen LogP contribution in [0.15, 0.2) is 48.5 Å². The molecule has 2 heterocycles. The number of imidazole rings is 1. The van der Waals surface area contributed by atoms with E-state index in [1.807, 2.05) is 31.3 Å². The van der Waals surface area contributed by atoms with Crippen LogP contribution in [-0.4, -0.2) is 31.5 Å². The van der Waals surface area contributed by atoms with E-state index in [1.54, 1.807) is 22.8 Å². The first kappa shape index (κ1) is 14.9. The summed E-state index contributed by atoms with van der Waals surface area (Å²) in [6.45, 7) is 0. The molecule has 4 aromatic rings. The predicted molar refractivity (Wildman–Crippen MR) is 93.9 cm³/mol. The summed E-state index contributed by atoms with van der Waals surface area (Å²) in [5.74, 6) is -1.18. The highest BCUT2D eigenvalue weighted by molar-refractivity contribution is 6.07. The van der Waals surface area contributed by atoms with E-state index in [0.717, 1.165) is 10.9 Å². The van der Waals surface area contributed by atoms with Crippen LogP contribution in [0.1, 0.15) is 20.8 Å². The van der Waals surface area contributed by atoms with Gasteiger partial charge in [0.05, 0.1) is 11.1 Å². The molecule has 0 aliphatic rings. The van der Waals surface area contributed by atoms with E-state index < -0.39 is 5.97 Å². The van der Waals surface area contributed by atoms with Crippen molar-refractivity contribution in [3.05, 3.63) is 59.8 Å². The highest BCUT2D eigenvalue weighted by atomic mass is 16.4. The molecule has 0 aliphatic heterocycles. The number of aromatic nitrogens is 3. The fraction of sp³-hybridized carbons (Fsp3) is 0.0556. The molecule has 0 saturated heterocycles. The normalized spacial score (nSPS) is 11.1. The van der Waals surface area contributed by atoms with Crippen LogP contribution in [0.3, 0.4) is 0 Å². The number of nitrogens with one attached hydrogen (secondary N) is 2. The molecule has 2 aromatic heterocycles. The molecule has 25 heavy (non-hydrogen) atoms. The second-order valence-corrected chi connectivity index (χ2v) is 5.69. The van der Waals surface area contributed by atoms with Gasteiger partial charge in [0.25, 0.3) is 5.91 Å². The molecule has 0 aliphatic carbocycles. The van der Waals surface area contributed by atoms with Gasteiger partial charge in [0, 0.05) is 18.0 Å². The highest BCUT2D eigenvalue weighted by Gasteiger charge is 2.17. The first-order valence-electron chi connectivity index (χ1n) is 7.62. The zero-order valence-corrected chi connectivity index (χ0v) is 13.3. The Bertz CT molecular complexity index is 1140. The Balaban J connectivity index is 1.70. The molecule has 0 fully saturated rings. The average Bonchev–Trinajstić information content (AvgIpc) is 3.15. The zero-order chi connectivity index (χ0) is 17.6. The van der Waals surface area contributed by atoms with Crippen LogP contribution in [-0.2, 0) is 7.05 Å². The predicted octanol–water partition coefficient (Wildman–Crippen LogP) is 3.01. The minimum absolute atomic E-state index is 0.0823. The van der Waals surface area contributed by atoms with Crippen molar-refractivity contribution >= 4 is 39.8 Å². The Labute approximate surface area is 141 Å². The number of rotatable bonds is 3. The van der Waals surface area contributed by atoms with E-state index in [9.17, 15) is 14.7 Å². The second-order valence-electron chi connectivity index (χ2n) is 5.69. The summed E-state index contributed by atoms with van der Waals surface area (Å²) in [5.41, 5.74) is 2.37. The lowest BCUT2D eigenvalue weighted by molar-refractivity contribution is 0.0698. The molecule has 0 spiro atoms. The number of H-pyrrole nitrogens is 1. The number of aryl methyl sites for hydroxylation is 1. The number of aromatic carboxylic acids is 1. The van der Waals surface area contributed by atoms with Crippen molar-refractivity contribution in [2.45, 2.75) is 0 Å². The fourth-order valence-electron chi connectivity index (χ4n) is 2.94. The molecule has 0 saturated carbocycles. The lowest BCUT2D eigenvalue weighted by atomic mass is 10.2. The number of carbonyl (C=O) groups excluding carboxylic acids is 1. The van der Waals surface area contributed by atoms with Gasteiger partial charge < -0.3 is 14.7 Å². The third-order valence-electron chi connectivity index (χ3n) is 4.16. The van der Waals surface area contributed by atoms with E-state index >= 15 is 0 Å². The Morgan fingerprint density at radius 2 is 1.96 bits per heavy atom. The molecule has 4 rings (SSSR count). The van der Waals surface area contributed by atoms with Gasteiger partial charge in [-0.05, 0) is 24.3 Å². The molecule has 1 amide bonds. The molecule has 7 nitrogen and oxygen atoms in total. The summed E-state index contributed by atoms with van der Waals surface area (Å²) in [6, 6.07) is 14.3. The van der Waals surface area contributed by atoms with Crippen molar-refractivity contribution in [2.24, 2.45) is 7.05 Å². The van der Waals surface area contributed by atoms with Gasteiger partial charge in [-0.25, -0.2) is 9.78 Å². The van der Waals surface area contributed by atoms with Crippen LogP contribution in [0.4, 0.5) is 5.95 Å². The van der Waals surface area contributed by atoms with Crippen molar-refractivity contribution in [3.8, 4) is 0 Å². The maximum atomic E-state index is 12.6. The fourth-order valence-corrected chi connectivity index (χ4v) is 2.94. The van der Waals surface area contributed by atoms with Gasteiger partial charge in [-0.3, -0.25) is 10.1 Å². The molecule has 0 radical (unpaired) electrons. The first-order valence-corrected chi connectivity index (χ1v) is 7.62. The molecule has 0 bridgehead atoms. The van der Waals surface area contributed by atoms with E-state index in [4.69, 9.17) is 0 Å². The minimum Gasteiger partial charge on any atom is -0.478 e. The number of amides is 1. The van der Waals surface area contributed by atoms with E-state index in [-0.39, 0.29) is 17.4 Å². The smallest absolute Gasteiger partial charge is 0.337 e. The van der Waals surface area contributed by atoms with Crippen molar-refractivity contribution in [1.29, 1.82) is 0 Å². The number of fused-ring (bicyclic) bond motifs is 2. The van der Waals surface area contributed by atoms with Crippen LogP contribution in [0.5, 0.6) is 0 Å². The van der Waals surface area contributed by atoms with Crippen LogP contribution < -0.4 is 5.32 Å². The topological polar surface area (TPSA) is 100 Å². The van der Waals surface area contributed by atoms with E-state index in [0.29, 0.717) is 16.7 Å². The van der Waals surface area contributed by atoms with Gasteiger partial charge in [-0.2, -0.15) is 0 Å². The van der Waals surface area contributed by atoms with Gasteiger partial charge in [-0.15, -0.1) is 0 Å². The number of benzene rings is 2. The monoisotopic (exact) mass is 334 g/mol. The minimum atomic E-state index is -1.07. The van der Waals surface area contributed by atoms with Crippen molar-refractivity contribution in [3.63, 3.8) is 0 Å². The number of para-hydroxylation sites is 2. The number of nitrogens with zero attached hydrogens (tertiary/aromatic N) is 2. The lowest BCUT2D eigenvalue weighted by Gasteiger charge is -2.03. The van der Waals surface area contributed by atoms with Crippen LogP contribution in [0.2, 0.25) is 0 Å². The molecule has 0 unspecified atom stereocenters. The van der Waals surface area contributed by atoms with Gasteiger partial charge in [0.15, 0.2) is 0 Å². The van der Waals surface area contributed by atoms with Gasteiger partial charge in [-0.1, -0.05) is 24.3 Å². The zero-order valence-electron chi connectivity index (χ0n) is 13.3. The Morgan fingerprint density at radius 3 is 2.72 bits per heavy atom.